The van der Waals surface area contributed by atoms with E-state index < -0.39 is 17.6 Å². The van der Waals surface area contributed by atoms with Gasteiger partial charge in [0.1, 0.15) is 5.75 Å². The second kappa shape index (κ2) is 7.95. The third-order valence-electron chi connectivity index (χ3n) is 3.73. The van der Waals surface area contributed by atoms with E-state index >= 15 is 0 Å². The number of methoxy groups -OCH3 is 1. The predicted molar refractivity (Wildman–Crippen MR) is 97.7 cm³/mol. The van der Waals surface area contributed by atoms with Crippen molar-refractivity contribution in [3.8, 4) is 5.75 Å². The molecule has 6 nitrogen and oxygen atoms in total. The summed E-state index contributed by atoms with van der Waals surface area (Å²) in [6.45, 7) is 0. The van der Waals surface area contributed by atoms with Crippen LogP contribution in [0.1, 0.15) is 15.9 Å². The highest BCUT2D eigenvalue weighted by Crippen LogP contribution is 2.29. The fourth-order valence-corrected chi connectivity index (χ4v) is 2.26. The number of halogens is 3. The van der Waals surface area contributed by atoms with Crippen LogP contribution in [0, 0.1) is 0 Å². The lowest BCUT2D eigenvalue weighted by Crippen LogP contribution is -2.13. The zero-order valence-electron chi connectivity index (χ0n) is 14.6. The van der Waals surface area contributed by atoms with E-state index in [4.69, 9.17) is 4.74 Å². The Bertz CT molecular complexity index is 941. The molecule has 2 N–H and O–H groups in total. The number of alkyl halides is 3. The van der Waals surface area contributed by atoms with Crippen molar-refractivity contribution >= 4 is 23.2 Å². The van der Waals surface area contributed by atoms with Gasteiger partial charge in [-0.1, -0.05) is 0 Å². The summed E-state index contributed by atoms with van der Waals surface area (Å²) in [6.07, 6.45) is -1.79. The number of aromatic nitrogens is 2. The van der Waals surface area contributed by atoms with Crippen LogP contribution in [0.25, 0.3) is 0 Å². The molecule has 0 radical (unpaired) electrons. The molecule has 1 heterocycles. The number of carbonyl (C=O) groups excluding carboxylic acids is 1. The van der Waals surface area contributed by atoms with Crippen LogP contribution >= 0.6 is 0 Å². The second-order valence-corrected chi connectivity index (χ2v) is 5.68. The van der Waals surface area contributed by atoms with E-state index in [0.29, 0.717) is 5.75 Å². The largest absolute Gasteiger partial charge is 0.497 e. The maximum Gasteiger partial charge on any atom is 0.416 e. The molecule has 28 heavy (non-hydrogen) atoms. The molecular formula is C19H15F3N4O2. The summed E-state index contributed by atoms with van der Waals surface area (Å²) in [4.78, 5) is 20.3. The van der Waals surface area contributed by atoms with Crippen molar-refractivity contribution in [2.45, 2.75) is 6.18 Å². The van der Waals surface area contributed by atoms with E-state index in [0.717, 1.165) is 17.8 Å². The van der Waals surface area contributed by atoms with E-state index in [1.165, 1.54) is 24.5 Å². The molecule has 0 bridgehead atoms. The Balaban J connectivity index is 1.63. The molecule has 0 aliphatic heterocycles. The van der Waals surface area contributed by atoms with Crippen LogP contribution < -0.4 is 15.4 Å². The Kier molecular flexibility index (Phi) is 5.44. The summed E-state index contributed by atoms with van der Waals surface area (Å²) in [5, 5.41) is 5.47. The van der Waals surface area contributed by atoms with Gasteiger partial charge in [0.05, 0.1) is 18.2 Å². The molecule has 1 aromatic heterocycles. The number of nitrogens with one attached hydrogen (secondary N) is 2. The summed E-state index contributed by atoms with van der Waals surface area (Å²) >= 11 is 0. The average molecular weight is 388 g/mol. The molecule has 3 aromatic rings. The van der Waals surface area contributed by atoms with Crippen molar-refractivity contribution in [1.29, 1.82) is 0 Å². The number of amides is 1. The molecule has 1 amide bonds. The molecule has 0 saturated carbocycles. The molecular weight excluding hydrogens is 373 g/mol. The van der Waals surface area contributed by atoms with Gasteiger partial charge in [0.2, 0.25) is 5.95 Å². The Morgan fingerprint density at radius 3 is 2.04 bits per heavy atom. The van der Waals surface area contributed by atoms with Gasteiger partial charge in [0.15, 0.2) is 0 Å². The minimum Gasteiger partial charge on any atom is -0.497 e. The fourth-order valence-electron chi connectivity index (χ4n) is 2.26. The Labute approximate surface area is 158 Å². The van der Waals surface area contributed by atoms with Gasteiger partial charge in [-0.05, 0) is 48.5 Å². The van der Waals surface area contributed by atoms with Crippen LogP contribution in [-0.4, -0.2) is 23.0 Å². The van der Waals surface area contributed by atoms with E-state index in [1.807, 2.05) is 0 Å². The molecule has 0 atom stereocenters. The van der Waals surface area contributed by atoms with Gasteiger partial charge < -0.3 is 15.4 Å². The maximum absolute atomic E-state index is 12.6. The van der Waals surface area contributed by atoms with Crippen molar-refractivity contribution in [3.63, 3.8) is 0 Å². The average Bonchev–Trinajstić information content (AvgIpc) is 2.69. The number of hydrogen-bond acceptors (Lipinski definition) is 5. The zero-order chi connectivity index (χ0) is 20.1. The molecule has 0 aliphatic carbocycles. The number of anilines is 3. The van der Waals surface area contributed by atoms with Crippen LogP contribution in [0.15, 0.2) is 60.9 Å². The molecule has 0 saturated heterocycles. The minimum atomic E-state index is -4.43. The summed E-state index contributed by atoms with van der Waals surface area (Å²) in [7, 11) is 1.57. The molecule has 0 spiro atoms. The summed E-state index contributed by atoms with van der Waals surface area (Å²) in [5.41, 5.74) is 0.351. The predicted octanol–water partition coefficient (Wildman–Crippen LogP) is 4.50. The second-order valence-electron chi connectivity index (χ2n) is 5.68. The molecule has 0 unspecified atom stereocenters. The molecule has 2 aromatic carbocycles. The summed E-state index contributed by atoms with van der Waals surface area (Å²) in [5.74, 6) is 0.466. The molecule has 0 fully saturated rings. The van der Waals surface area contributed by atoms with E-state index in [2.05, 4.69) is 20.6 Å². The van der Waals surface area contributed by atoms with Crippen molar-refractivity contribution in [3.05, 3.63) is 72.1 Å². The lowest BCUT2D eigenvalue weighted by atomic mass is 10.2. The van der Waals surface area contributed by atoms with Crippen LogP contribution in [0.4, 0.5) is 30.5 Å². The summed E-state index contributed by atoms with van der Waals surface area (Å²) < 4.78 is 42.8. The maximum atomic E-state index is 12.6. The van der Waals surface area contributed by atoms with Gasteiger partial charge in [0.25, 0.3) is 5.91 Å². The van der Waals surface area contributed by atoms with E-state index in [1.54, 1.807) is 31.4 Å². The molecule has 9 heteroatoms. The van der Waals surface area contributed by atoms with Gasteiger partial charge in [-0.3, -0.25) is 4.79 Å². The fraction of sp³-hybridized carbons (Fsp3) is 0.105. The van der Waals surface area contributed by atoms with Gasteiger partial charge in [0, 0.05) is 23.8 Å². The first-order valence-corrected chi connectivity index (χ1v) is 8.07. The smallest absolute Gasteiger partial charge is 0.416 e. The van der Waals surface area contributed by atoms with Crippen LogP contribution in [-0.2, 0) is 6.18 Å². The number of benzene rings is 2. The van der Waals surface area contributed by atoms with Crippen molar-refractivity contribution in [2.24, 2.45) is 0 Å². The minimum absolute atomic E-state index is 0.167. The number of rotatable bonds is 5. The number of carbonyl (C=O) groups is 1. The van der Waals surface area contributed by atoms with Crippen molar-refractivity contribution < 1.29 is 22.7 Å². The standard InChI is InChI=1S/C19H15F3N4O2/c1-28-16-8-6-15(7-9-16)26-18-23-10-12(11-24-18)17(27)25-14-4-2-13(3-5-14)19(20,21)22/h2-11H,1H3,(H,25,27)(H,23,24,26). The van der Waals surface area contributed by atoms with Crippen molar-refractivity contribution in [1.82, 2.24) is 9.97 Å². The van der Waals surface area contributed by atoms with Gasteiger partial charge in [-0.15, -0.1) is 0 Å². The van der Waals surface area contributed by atoms with Crippen LogP contribution in [0.5, 0.6) is 5.75 Å². The highest BCUT2D eigenvalue weighted by atomic mass is 19.4. The third-order valence-corrected chi connectivity index (χ3v) is 3.73. The molecule has 144 valence electrons. The van der Waals surface area contributed by atoms with E-state index in [-0.39, 0.29) is 17.2 Å². The van der Waals surface area contributed by atoms with Gasteiger partial charge in [-0.2, -0.15) is 13.2 Å². The first kappa shape index (κ1) is 19.2. The lowest BCUT2D eigenvalue weighted by molar-refractivity contribution is -0.137. The Morgan fingerprint density at radius 1 is 0.929 bits per heavy atom. The topological polar surface area (TPSA) is 76.1 Å². The van der Waals surface area contributed by atoms with Crippen LogP contribution in [0.2, 0.25) is 0 Å². The first-order chi connectivity index (χ1) is 13.3. The number of hydrogen-bond donors (Lipinski definition) is 2. The van der Waals surface area contributed by atoms with Crippen molar-refractivity contribution in [2.75, 3.05) is 17.7 Å². The van der Waals surface area contributed by atoms with E-state index in [9.17, 15) is 18.0 Å². The van der Waals surface area contributed by atoms with Gasteiger partial charge in [-0.25, -0.2) is 9.97 Å². The zero-order valence-corrected chi connectivity index (χ0v) is 14.6. The van der Waals surface area contributed by atoms with Crippen LogP contribution in [0.3, 0.4) is 0 Å². The first-order valence-electron chi connectivity index (χ1n) is 8.07. The summed E-state index contributed by atoms with van der Waals surface area (Å²) in [6, 6.07) is 11.3. The Morgan fingerprint density at radius 2 is 1.50 bits per heavy atom. The Hall–Kier alpha value is -3.62. The monoisotopic (exact) mass is 388 g/mol. The number of nitrogens with zero attached hydrogens (tertiary/aromatic N) is 2. The highest BCUT2D eigenvalue weighted by molar-refractivity contribution is 6.03. The molecule has 0 aliphatic rings. The highest BCUT2D eigenvalue weighted by Gasteiger charge is 2.30. The SMILES string of the molecule is COc1ccc(Nc2ncc(C(=O)Nc3ccc(C(F)(F)F)cc3)cn2)cc1. The van der Waals surface area contributed by atoms with Gasteiger partial charge >= 0.3 is 6.18 Å². The third kappa shape index (κ3) is 4.76. The lowest BCUT2D eigenvalue weighted by Gasteiger charge is -2.09. The quantitative estimate of drug-likeness (QED) is 0.673. The number of ether oxygens (including phenoxy) is 1. The molecule has 3 rings (SSSR count). The normalized spacial score (nSPS) is 11.0.